The summed E-state index contributed by atoms with van der Waals surface area (Å²) < 4.78 is 32.9. The lowest BCUT2D eigenvalue weighted by molar-refractivity contribution is -0.141. The predicted octanol–water partition coefficient (Wildman–Crippen LogP) is 3.07. The van der Waals surface area contributed by atoms with Crippen LogP contribution in [-0.4, -0.2) is 65.2 Å². The lowest BCUT2D eigenvalue weighted by Crippen LogP contribution is -2.56. The first-order chi connectivity index (χ1) is 17.9. The Morgan fingerprint density at radius 1 is 1.13 bits per heavy atom. The minimum atomic E-state index is -3.52. The van der Waals surface area contributed by atoms with Gasteiger partial charge in [0.2, 0.25) is 15.9 Å². The average molecular weight is 560 g/mol. The van der Waals surface area contributed by atoms with Gasteiger partial charge >= 0.3 is 0 Å². The Bertz CT molecular complexity index is 1530. The summed E-state index contributed by atoms with van der Waals surface area (Å²) in [7, 11) is -1.81. The molecule has 38 heavy (non-hydrogen) atoms. The number of halogens is 1. The molecule has 1 saturated carbocycles. The maximum Gasteiger partial charge on any atom is 0.257 e. The van der Waals surface area contributed by atoms with Crippen molar-refractivity contribution in [3.8, 4) is 22.9 Å². The van der Waals surface area contributed by atoms with Crippen molar-refractivity contribution in [2.24, 2.45) is 13.0 Å². The van der Waals surface area contributed by atoms with Crippen molar-refractivity contribution in [2.45, 2.75) is 18.9 Å². The molecule has 3 heterocycles. The number of sulfonamides is 1. The lowest BCUT2D eigenvalue weighted by Gasteiger charge is -2.39. The van der Waals surface area contributed by atoms with E-state index in [-0.39, 0.29) is 45.6 Å². The first kappa shape index (κ1) is 25.9. The van der Waals surface area contributed by atoms with Crippen LogP contribution in [0.5, 0.6) is 11.5 Å². The first-order valence-corrected chi connectivity index (χ1v) is 14.1. The van der Waals surface area contributed by atoms with Crippen LogP contribution in [0.4, 0.5) is 11.4 Å². The largest absolute Gasteiger partial charge is 0.505 e. The molecule has 3 N–H and O–H groups in total. The molecule has 0 unspecified atom stereocenters. The zero-order valence-electron chi connectivity index (χ0n) is 20.6. The summed E-state index contributed by atoms with van der Waals surface area (Å²) in [5, 5.41) is 13.6. The van der Waals surface area contributed by atoms with Crippen LogP contribution in [0.2, 0.25) is 5.02 Å². The highest BCUT2D eigenvalue weighted by atomic mass is 35.5. The Balaban J connectivity index is 1.26. The van der Waals surface area contributed by atoms with E-state index >= 15 is 0 Å². The molecule has 2 aromatic heterocycles. The van der Waals surface area contributed by atoms with Crippen molar-refractivity contribution in [1.82, 2.24) is 14.5 Å². The number of rotatable bonds is 8. The number of carbonyl (C=O) groups excluding carboxylic acids is 2. The Morgan fingerprint density at radius 3 is 2.50 bits per heavy atom. The summed E-state index contributed by atoms with van der Waals surface area (Å²) in [5.41, 5.74) is 1.56. The van der Waals surface area contributed by atoms with Crippen LogP contribution >= 0.6 is 11.6 Å². The topological polar surface area (TPSA) is 143 Å². The average Bonchev–Trinajstić information content (AvgIpc) is 3.56. The van der Waals surface area contributed by atoms with E-state index in [2.05, 4.69) is 15.0 Å². The number of ether oxygens (including phenoxy) is 1. The number of hydrogen-bond donors (Lipinski definition) is 3. The number of aromatic hydroxyl groups is 1. The van der Waals surface area contributed by atoms with Gasteiger partial charge in [0, 0.05) is 35.9 Å². The van der Waals surface area contributed by atoms with Gasteiger partial charge in [0.1, 0.15) is 23.3 Å². The predicted molar refractivity (Wildman–Crippen MR) is 142 cm³/mol. The zero-order chi connectivity index (χ0) is 27.2. The van der Waals surface area contributed by atoms with E-state index in [1.165, 1.54) is 30.5 Å². The van der Waals surface area contributed by atoms with Crippen LogP contribution in [0.25, 0.3) is 11.4 Å². The molecule has 0 spiro atoms. The Morgan fingerprint density at radius 2 is 1.84 bits per heavy atom. The summed E-state index contributed by atoms with van der Waals surface area (Å²) >= 11 is 6.07. The Kier molecular flexibility index (Phi) is 6.70. The fourth-order valence-corrected chi connectivity index (χ4v) is 5.01. The highest BCUT2D eigenvalue weighted by Gasteiger charge is 2.40. The number of aromatic nitrogens is 2. The van der Waals surface area contributed by atoms with E-state index in [9.17, 15) is 23.1 Å². The molecule has 13 heteroatoms. The third kappa shape index (κ3) is 5.86. The number of anilines is 2. The number of carbonyl (C=O) groups is 2. The van der Waals surface area contributed by atoms with E-state index in [4.69, 9.17) is 16.3 Å². The molecule has 200 valence electrons. The van der Waals surface area contributed by atoms with Gasteiger partial charge in [0.25, 0.3) is 5.91 Å². The fourth-order valence-electron chi connectivity index (χ4n) is 4.23. The minimum Gasteiger partial charge on any atom is -0.505 e. The van der Waals surface area contributed by atoms with Gasteiger partial charge in [-0.15, -0.1) is 0 Å². The van der Waals surface area contributed by atoms with E-state index in [0.29, 0.717) is 30.2 Å². The number of pyridine rings is 1. The molecule has 0 atom stereocenters. The van der Waals surface area contributed by atoms with E-state index < -0.39 is 15.9 Å². The summed E-state index contributed by atoms with van der Waals surface area (Å²) in [5.74, 6) is 0.173. The Labute approximate surface area is 224 Å². The monoisotopic (exact) mass is 559 g/mol. The molecule has 11 nitrogen and oxygen atoms in total. The van der Waals surface area contributed by atoms with Crippen molar-refractivity contribution >= 4 is 44.8 Å². The third-order valence-corrected chi connectivity index (χ3v) is 7.02. The fraction of sp³-hybridized carbons (Fsp3) is 0.320. The molecule has 2 amide bonds. The normalized spacial score (nSPS) is 15.6. The molecular weight excluding hydrogens is 534 g/mol. The maximum atomic E-state index is 12.9. The third-order valence-electron chi connectivity index (χ3n) is 6.20. The number of aryl methyl sites for hydroxylation is 1. The molecule has 2 fully saturated rings. The molecular formula is C25H26ClN5O6S. The second kappa shape index (κ2) is 9.84. The van der Waals surface area contributed by atoms with Crippen molar-refractivity contribution in [2.75, 3.05) is 29.4 Å². The van der Waals surface area contributed by atoms with Crippen LogP contribution in [0.3, 0.4) is 0 Å². The minimum absolute atomic E-state index is 0.118. The highest BCUT2D eigenvalue weighted by molar-refractivity contribution is 7.92. The summed E-state index contributed by atoms with van der Waals surface area (Å²) in [4.78, 5) is 31.1. The van der Waals surface area contributed by atoms with Crippen LogP contribution < -0.4 is 14.8 Å². The first-order valence-electron chi connectivity index (χ1n) is 11.9. The molecule has 0 bridgehead atoms. The van der Waals surface area contributed by atoms with Crippen LogP contribution in [0.1, 0.15) is 23.2 Å². The second-order valence-electron chi connectivity index (χ2n) is 9.58. The zero-order valence-corrected chi connectivity index (χ0v) is 22.2. The van der Waals surface area contributed by atoms with Crippen LogP contribution in [-0.2, 0) is 21.9 Å². The van der Waals surface area contributed by atoms with E-state index in [0.717, 1.165) is 19.1 Å². The maximum absolute atomic E-state index is 12.9. The standard InChI is InChI=1S/C25H26ClN5O6S/c1-30-11-15(24(33)28-17-6-16(26)7-18(8-17)29-38(2,35)36)5-21(30)23-22(32)9-19(10-27-23)37-20-12-31(13-20)25(34)14-3-4-14/h5-11,14,20,29,32H,3-4,12-13H2,1-2H3,(H,28,33). The van der Waals surface area contributed by atoms with Crippen molar-refractivity contribution < 1.29 is 27.9 Å². The van der Waals surface area contributed by atoms with Crippen molar-refractivity contribution in [3.05, 3.63) is 53.3 Å². The highest BCUT2D eigenvalue weighted by Crippen LogP contribution is 2.34. The summed E-state index contributed by atoms with van der Waals surface area (Å²) in [6.45, 7) is 1.04. The molecule has 1 aliphatic carbocycles. The summed E-state index contributed by atoms with van der Waals surface area (Å²) in [6.07, 6.45) is 5.87. The molecule has 3 aromatic rings. The van der Waals surface area contributed by atoms with Gasteiger partial charge in [0.05, 0.1) is 42.5 Å². The quantitative estimate of drug-likeness (QED) is 0.385. The van der Waals surface area contributed by atoms with E-state index in [1.54, 1.807) is 28.8 Å². The molecule has 2 aliphatic rings. The van der Waals surface area contributed by atoms with Crippen molar-refractivity contribution in [1.29, 1.82) is 0 Å². The molecule has 1 aliphatic heterocycles. The van der Waals surface area contributed by atoms with Crippen molar-refractivity contribution in [3.63, 3.8) is 0 Å². The number of amides is 2. The van der Waals surface area contributed by atoms with Gasteiger partial charge in [0.15, 0.2) is 0 Å². The smallest absolute Gasteiger partial charge is 0.257 e. The SMILES string of the molecule is Cn1cc(C(=O)Nc2cc(Cl)cc(NS(C)(=O)=O)c2)cc1-c1ncc(OC2CN(C(=O)C3CC3)C2)cc1O. The van der Waals surface area contributed by atoms with Gasteiger partial charge in [-0.2, -0.15) is 0 Å². The summed E-state index contributed by atoms with van der Waals surface area (Å²) in [6, 6.07) is 7.40. The van der Waals surface area contributed by atoms with Gasteiger partial charge in [-0.25, -0.2) is 13.4 Å². The van der Waals surface area contributed by atoms with Gasteiger partial charge < -0.3 is 24.6 Å². The van der Waals surface area contributed by atoms with Crippen LogP contribution in [0, 0.1) is 5.92 Å². The molecule has 1 aromatic carbocycles. The Hall–Kier alpha value is -3.77. The second-order valence-corrected chi connectivity index (χ2v) is 11.8. The van der Waals surface area contributed by atoms with Gasteiger partial charge in [-0.05, 0) is 37.1 Å². The number of nitrogens with zero attached hydrogens (tertiary/aromatic N) is 3. The number of benzene rings is 1. The van der Waals surface area contributed by atoms with Gasteiger partial charge in [-0.1, -0.05) is 11.6 Å². The number of likely N-dealkylation sites (tertiary alicyclic amines) is 1. The lowest BCUT2D eigenvalue weighted by atomic mass is 10.1. The van der Waals surface area contributed by atoms with Gasteiger partial charge in [-0.3, -0.25) is 14.3 Å². The van der Waals surface area contributed by atoms with Crippen LogP contribution in [0.15, 0.2) is 42.7 Å². The molecule has 1 saturated heterocycles. The van der Waals surface area contributed by atoms with E-state index in [1.807, 2.05) is 0 Å². The number of nitrogens with one attached hydrogen (secondary N) is 2. The molecule has 0 radical (unpaired) electrons. The molecule has 5 rings (SSSR count). The number of hydrogen-bond acceptors (Lipinski definition) is 7.